The van der Waals surface area contributed by atoms with Crippen LogP contribution in [0.5, 0.6) is 11.5 Å². The van der Waals surface area contributed by atoms with Crippen LogP contribution in [-0.2, 0) is 6.54 Å². The third kappa shape index (κ3) is 2.96. The first-order valence-electron chi connectivity index (χ1n) is 6.79. The highest BCUT2D eigenvalue weighted by Crippen LogP contribution is 2.39. The van der Waals surface area contributed by atoms with Gasteiger partial charge >= 0.3 is 0 Å². The topological polar surface area (TPSA) is 56.5 Å². The van der Waals surface area contributed by atoms with E-state index < -0.39 is 0 Å². The lowest BCUT2D eigenvalue weighted by Crippen LogP contribution is -2.37. The van der Waals surface area contributed by atoms with Gasteiger partial charge in [0.2, 0.25) is 6.79 Å². The van der Waals surface area contributed by atoms with Crippen LogP contribution < -0.4 is 20.5 Å². The summed E-state index contributed by atoms with van der Waals surface area (Å²) in [6.45, 7) is 1.06. The van der Waals surface area contributed by atoms with Crippen molar-refractivity contribution in [3.8, 4) is 11.5 Å². The fourth-order valence-electron chi connectivity index (χ4n) is 2.71. The Morgan fingerprint density at radius 3 is 2.79 bits per heavy atom. The minimum absolute atomic E-state index is 0.256. The molecule has 0 aromatic heterocycles. The predicted octanol–water partition coefficient (Wildman–Crippen LogP) is 2.43. The molecule has 1 aliphatic carbocycles. The zero-order valence-corrected chi connectivity index (χ0v) is 11.6. The number of nitrogens with one attached hydrogen (secondary N) is 1. The van der Waals surface area contributed by atoms with Crippen LogP contribution in [0.3, 0.4) is 0 Å². The van der Waals surface area contributed by atoms with Gasteiger partial charge in [0, 0.05) is 18.6 Å². The van der Waals surface area contributed by atoms with Crippen LogP contribution in [0, 0.1) is 0 Å². The minimum atomic E-state index is 0.256. The number of halogens is 1. The van der Waals surface area contributed by atoms with Gasteiger partial charge in [0.25, 0.3) is 0 Å². The molecule has 0 unspecified atom stereocenters. The molecule has 0 spiro atoms. The highest BCUT2D eigenvalue weighted by molar-refractivity contribution is 6.32. The van der Waals surface area contributed by atoms with Crippen LogP contribution >= 0.6 is 11.6 Å². The van der Waals surface area contributed by atoms with E-state index in [1.807, 2.05) is 12.1 Å². The van der Waals surface area contributed by atoms with E-state index in [2.05, 4.69) is 5.32 Å². The maximum atomic E-state index is 6.17. The Morgan fingerprint density at radius 2 is 2.00 bits per heavy atom. The van der Waals surface area contributed by atoms with Gasteiger partial charge < -0.3 is 20.5 Å². The summed E-state index contributed by atoms with van der Waals surface area (Å²) < 4.78 is 10.7. The van der Waals surface area contributed by atoms with Gasteiger partial charge in [-0.3, -0.25) is 0 Å². The number of benzene rings is 1. The Bertz CT molecular complexity index is 459. The Morgan fingerprint density at radius 1 is 1.21 bits per heavy atom. The van der Waals surface area contributed by atoms with Crippen LogP contribution in [0.1, 0.15) is 31.2 Å². The quantitative estimate of drug-likeness (QED) is 0.894. The summed E-state index contributed by atoms with van der Waals surface area (Å²) in [4.78, 5) is 0. The third-order valence-corrected chi connectivity index (χ3v) is 4.13. The molecule has 19 heavy (non-hydrogen) atoms. The molecule has 1 fully saturated rings. The van der Waals surface area contributed by atoms with E-state index in [1.54, 1.807) is 0 Å². The normalized spacial score (nSPS) is 25.6. The van der Waals surface area contributed by atoms with Crippen molar-refractivity contribution in [1.82, 2.24) is 5.32 Å². The summed E-state index contributed by atoms with van der Waals surface area (Å²) in [7, 11) is 0. The summed E-state index contributed by atoms with van der Waals surface area (Å²) in [5, 5.41) is 4.19. The molecular weight excluding hydrogens is 264 g/mol. The maximum absolute atomic E-state index is 6.17. The zero-order valence-electron chi connectivity index (χ0n) is 10.8. The van der Waals surface area contributed by atoms with Gasteiger partial charge in [-0.05, 0) is 43.4 Å². The summed E-state index contributed by atoms with van der Waals surface area (Å²) in [6.07, 6.45) is 4.53. The predicted molar refractivity (Wildman–Crippen MR) is 74.6 cm³/mol. The summed E-state index contributed by atoms with van der Waals surface area (Å²) in [5.74, 6) is 1.41. The second kappa shape index (κ2) is 5.57. The zero-order chi connectivity index (χ0) is 13.2. The Hall–Kier alpha value is -0.970. The molecule has 104 valence electrons. The largest absolute Gasteiger partial charge is 0.454 e. The highest BCUT2D eigenvalue weighted by Gasteiger charge is 2.20. The molecule has 2 aliphatic rings. The number of rotatable bonds is 3. The first-order valence-corrected chi connectivity index (χ1v) is 7.17. The van der Waals surface area contributed by atoms with E-state index >= 15 is 0 Å². The molecular formula is C14H19ClN2O2. The van der Waals surface area contributed by atoms with Crippen LogP contribution in [-0.4, -0.2) is 18.9 Å². The fraction of sp³-hybridized carbons (Fsp3) is 0.571. The molecule has 0 atom stereocenters. The lowest BCUT2D eigenvalue weighted by Gasteiger charge is -2.27. The van der Waals surface area contributed by atoms with Crippen molar-refractivity contribution < 1.29 is 9.47 Å². The molecule has 1 aromatic carbocycles. The molecule has 4 nitrogen and oxygen atoms in total. The fourth-order valence-corrected chi connectivity index (χ4v) is 3.00. The van der Waals surface area contributed by atoms with Crippen LogP contribution in [0.2, 0.25) is 5.02 Å². The second-order valence-electron chi connectivity index (χ2n) is 5.30. The summed E-state index contributed by atoms with van der Waals surface area (Å²) in [6, 6.07) is 4.88. The van der Waals surface area contributed by atoms with E-state index in [1.165, 1.54) is 0 Å². The van der Waals surface area contributed by atoms with E-state index in [9.17, 15) is 0 Å². The SMILES string of the molecule is NC1CCC(NCc2cc(Cl)c3c(c2)OCO3)CC1. The number of hydrogen-bond donors (Lipinski definition) is 2. The average Bonchev–Trinajstić information content (AvgIpc) is 2.87. The summed E-state index contributed by atoms with van der Waals surface area (Å²) in [5.41, 5.74) is 7.04. The first-order chi connectivity index (χ1) is 9.22. The van der Waals surface area contributed by atoms with Crippen molar-refractivity contribution in [2.75, 3.05) is 6.79 Å². The van der Waals surface area contributed by atoms with Crippen molar-refractivity contribution in [2.45, 2.75) is 44.3 Å². The molecule has 1 aliphatic heterocycles. The molecule has 1 heterocycles. The van der Waals surface area contributed by atoms with Crippen LogP contribution in [0.4, 0.5) is 0 Å². The number of hydrogen-bond acceptors (Lipinski definition) is 4. The van der Waals surface area contributed by atoms with Crippen molar-refractivity contribution in [1.29, 1.82) is 0 Å². The molecule has 3 rings (SSSR count). The van der Waals surface area contributed by atoms with Crippen LogP contribution in [0.15, 0.2) is 12.1 Å². The van der Waals surface area contributed by atoms with Crippen molar-refractivity contribution >= 4 is 11.6 Å². The van der Waals surface area contributed by atoms with Gasteiger partial charge in [0.15, 0.2) is 11.5 Å². The third-order valence-electron chi connectivity index (χ3n) is 3.85. The number of nitrogens with two attached hydrogens (primary N) is 1. The molecule has 0 saturated heterocycles. The number of ether oxygens (including phenoxy) is 2. The van der Waals surface area contributed by atoms with Crippen molar-refractivity contribution in [2.24, 2.45) is 5.73 Å². The van der Waals surface area contributed by atoms with Gasteiger partial charge in [-0.1, -0.05) is 11.6 Å². The smallest absolute Gasteiger partial charge is 0.231 e. The number of fused-ring (bicyclic) bond motifs is 1. The molecule has 1 saturated carbocycles. The van der Waals surface area contributed by atoms with Crippen molar-refractivity contribution in [3.05, 3.63) is 22.7 Å². The summed E-state index contributed by atoms with van der Waals surface area (Å²) >= 11 is 6.17. The molecule has 0 radical (unpaired) electrons. The lowest BCUT2D eigenvalue weighted by molar-refractivity contribution is 0.174. The average molecular weight is 283 g/mol. The van der Waals surface area contributed by atoms with Gasteiger partial charge in [-0.15, -0.1) is 0 Å². The van der Waals surface area contributed by atoms with Gasteiger partial charge in [-0.25, -0.2) is 0 Å². The van der Waals surface area contributed by atoms with Gasteiger partial charge in [0.05, 0.1) is 5.02 Å². The van der Waals surface area contributed by atoms with Gasteiger partial charge in [0.1, 0.15) is 0 Å². The van der Waals surface area contributed by atoms with Crippen molar-refractivity contribution in [3.63, 3.8) is 0 Å². The molecule has 0 amide bonds. The standard InChI is InChI=1S/C14H19ClN2O2/c15-12-5-9(6-13-14(12)19-8-18-13)7-17-11-3-1-10(16)2-4-11/h5-6,10-11,17H,1-4,7-8,16H2. The Balaban J connectivity index is 1.60. The van der Waals surface area contributed by atoms with E-state index in [0.29, 0.717) is 22.9 Å². The maximum Gasteiger partial charge on any atom is 0.231 e. The van der Waals surface area contributed by atoms with E-state index in [-0.39, 0.29) is 6.79 Å². The second-order valence-corrected chi connectivity index (χ2v) is 5.71. The Labute approximate surface area is 118 Å². The van der Waals surface area contributed by atoms with Crippen LogP contribution in [0.25, 0.3) is 0 Å². The van der Waals surface area contributed by atoms with Gasteiger partial charge in [-0.2, -0.15) is 0 Å². The van der Waals surface area contributed by atoms with E-state index in [4.69, 9.17) is 26.8 Å². The lowest BCUT2D eigenvalue weighted by atomic mass is 9.92. The molecule has 5 heteroatoms. The monoisotopic (exact) mass is 282 g/mol. The highest BCUT2D eigenvalue weighted by atomic mass is 35.5. The molecule has 0 bridgehead atoms. The van der Waals surface area contributed by atoms with E-state index in [0.717, 1.165) is 43.5 Å². The molecule has 3 N–H and O–H groups in total. The molecule has 1 aromatic rings. The first kappa shape index (κ1) is 13.0. The Kier molecular flexibility index (Phi) is 3.82. The minimum Gasteiger partial charge on any atom is -0.454 e.